The van der Waals surface area contributed by atoms with E-state index in [9.17, 15) is 0 Å². The molecular formula is C14H24Br2Cl2N2O2. The second-order valence-corrected chi connectivity index (χ2v) is 6.03. The van der Waals surface area contributed by atoms with Gasteiger partial charge in [-0.1, -0.05) is 0 Å². The van der Waals surface area contributed by atoms with Crippen LogP contribution in [0.3, 0.4) is 0 Å². The molecule has 0 aromatic heterocycles. The van der Waals surface area contributed by atoms with Crippen molar-refractivity contribution in [2.75, 3.05) is 32.8 Å². The van der Waals surface area contributed by atoms with Crippen molar-refractivity contribution in [2.24, 2.45) is 0 Å². The Labute approximate surface area is 161 Å². The van der Waals surface area contributed by atoms with Gasteiger partial charge >= 0.3 is 0 Å². The number of hydrogen-bond donors (Lipinski definition) is 3. The molecule has 1 rings (SSSR count). The average Bonchev–Trinajstić information content (AvgIpc) is 2.42. The molecule has 1 aromatic carbocycles. The Balaban J connectivity index is 0. The van der Waals surface area contributed by atoms with E-state index in [1.54, 1.807) is 0 Å². The number of ether oxygens (including phenoxy) is 1. The molecule has 0 bridgehead atoms. The third kappa shape index (κ3) is 9.55. The Morgan fingerprint density at radius 2 is 1.64 bits per heavy atom. The number of rotatable bonds is 10. The summed E-state index contributed by atoms with van der Waals surface area (Å²) in [6, 6.07) is 4.15. The second-order valence-electron chi connectivity index (χ2n) is 4.33. The van der Waals surface area contributed by atoms with Gasteiger partial charge in [0.25, 0.3) is 0 Å². The van der Waals surface area contributed by atoms with Crippen LogP contribution in [0.4, 0.5) is 0 Å². The van der Waals surface area contributed by atoms with E-state index in [2.05, 4.69) is 54.6 Å². The van der Waals surface area contributed by atoms with E-state index in [1.807, 2.05) is 6.92 Å². The summed E-state index contributed by atoms with van der Waals surface area (Å²) in [5, 5.41) is 15.2. The maximum absolute atomic E-state index is 8.63. The van der Waals surface area contributed by atoms with Crippen molar-refractivity contribution in [2.45, 2.75) is 19.9 Å². The molecule has 0 aliphatic heterocycles. The minimum atomic E-state index is 0. The van der Waals surface area contributed by atoms with Crippen molar-refractivity contribution in [1.82, 2.24) is 10.6 Å². The molecule has 0 saturated carbocycles. The first-order valence-corrected chi connectivity index (χ1v) is 8.40. The molecule has 0 heterocycles. The van der Waals surface area contributed by atoms with Gasteiger partial charge in [-0.25, -0.2) is 0 Å². The molecule has 0 saturated heterocycles. The number of benzene rings is 1. The van der Waals surface area contributed by atoms with Gasteiger partial charge < -0.3 is 20.5 Å². The summed E-state index contributed by atoms with van der Waals surface area (Å²) in [6.45, 7) is 6.17. The SMILES string of the molecule is CCOc1c(Br)cc(CNCCCNCCO)cc1Br.Cl.Cl. The predicted octanol–water partition coefficient (Wildman–Crippen LogP) is 3.52. The molecule has 0 aliphatic rings. The van der Waals surface area contributed by atoms with Crippen LogP contribution in [-0.4, -0.2) is 38.0 Å². The fourth-order valence-electron chi connectivity index (χ4n) is 1.77. The molecule has 0 radical (unpaired) electrons. The summed E-state index contributed by atoms with van der Waals surface area (Å²) in [6.07, 6.45) is 1.04. The monoisotopic (exact) mass is 480 g/mol. The number of hydrogen-bond acceptors (Lipinski definition) is 4. The van der Waals surface area contributed by atoms with Crippen molar-refractivity contribution in [3.63, 3.8) is 0 Å². The molecule has 0 unspecified atom stereocenters. The van der Waals surface area contributed by atoms with Gasteiger partial charge in [0.15, 0.2) is 0 Å². The molecule has 130 valence electrons. The highest BCUT2D eigenvalue weighted by molar-refractivity contribution is 9.11. The number of aliphatic hydroxyl groups excluding tert-OH is 1. The standard InChI is InChI=1S/C14H22Br2N2O2.2ClH/c1-2-20-14-12(15)8-11(9-13(14)16)10-18-5-3-4-17-6-7-19;;/h8-9,17-19H,2-7,10H2,1H3;2*1H. The fraction of sp³-hybridized carbons (Fsp3) is 0.571. The Kier molecular flexibility index (Phi) is 16.8. The Hall–Kier alpha value is 0.440. The third-order valence-corrected chi connectivity index (χ3v) is 3.85. The molecular weight excluding hydrogens is 459 g/mol. The maximum Gasteiger partial charge on any atom is 0.147 e. The lowest BCUT2D eigenvalue weighted by Gasteiger charge is -2.11. The van der Waals surface area contributed by atoms with E-state index < -0.39 is 0 Å². The van der Waals surface area contributed by atoms with Crippen molar-refractivity contribution >= 4 is 56.7 Å². The van der Waals surface area contributed by atoms with Crippen LogP contribution in [-0.2, 0) is 6.54 Å². The van der Waals surface area contributed by atoms with Crippen LogP contribution in [0.5, 0.6) is 5.75 Å². The molecule has 0 spiro atoms. The van der Waals surface area contributed by atoms with Gasteiger partial charge in [0.2, 0.25) is 0 Å². The van der Waals surface area contributed by atoms with Crippen molar-refractivity contribution < 1.29 is 9.84 Å². The Bertz CT molecular complexity index is 389. The van der Waals surface area contributed by atoms with Crippen LogP contribution in [0.15, 0.2) is 21.1 Å². The molecule has 3 N–H and O–H groups in total. The maximum atomic E-state index is 8.63. The van der Waals surface area contributed by atoms with E-state index in [0.29, 0.717) is 13.2 Å². The van der Waals surface area contributed by atoms with E-state index in [0.717, 1.165) is 40.8 Å². The number of aliphatic hydroxyl groups is 1. The lowest BCUT2D eigenvalue weighted by molar-refractivity contribution is 0.292. The fourth-order valence-corrected chi connectivity index (χ4v) is 3.28. The third-order valence-electron chi connectivity index (χ3n) is 2.67. The average molecular weight is 483 g/mol. The zero-order chi connectivity index (χ0) is 14.8. The summed E-state index contributed by atoms with van der Waals surface area (Å²) >= 11 is 7.07. The highest BCUT2D eigenvalue weighted by Crippen LogP contribution is 2.34. The quantitative estimate of drug-likeness (QED) is 0.447. The Morgan fingerprint density at radius 1 is 1.05 bits per heavy atom. The van der Waals surface area contributed by atoms with E-state index >= 15 is 0 Å². The van der Waals surface area contributed by atoms with Crippen LogP contribution in [0, 0.1) is 0 Å². The molecule has 22 heavy (non-hydrogen) atoms. The molecule has 8 heteroatoms. The largest absolute Gasteiger partial charge is 0.492 e. The van der Waals surface area contributed by atoms with E-state index in [1.165, 1.54) is 5.56 Å². The minimum Gasteiger partial charge on any atom is -0.492 e. The summed E-state index contributed by atoms with van der Waals surface area (Å²) in [4.78, 5) is 0. The van der Waals surface area contributed by atoms with Crippen molar-refractivity contribution in [3.05, 3.63) is 26.6 Å². The van der Waals surface area contributed by atoms with Crippen LogP contribution in [0.25, 0.3) is 0 Å². The van der Waals surface area contributed by atoms with Gasteiger partial charge in [-0.15, -0.1) is 24.8 Å². The van der Waals surface area contributed by atoms with Crippen molar-refractivity contribution in [3.8, 4) is 5.75 Å². The summed E-state index contributed by atoms with van der Waals surface area (Å²) in [5.74, 6) is 0.851. The van der Waals surface area contributed by atoms with Crippen LogP contribution >= 0.6 is 56.7 Å². The van der Waals surface area contributed by atoms with Crippen molar-refractivity contribution in [1.29, 1.82) is 0 Å². The second kappa shape index (κ2) is 15.0. The zero-order valence-corrected chi connectivity index (χ0v) is 17.3. The molecule has 0 aliphatic carbocycles. The first kappa shape index (κ1) is 24.7. The van der Waals surface area contributed by atoms with E-state index in [-0.39, 0.29) is 31.4 Å². The lowest BCUT2D eigenvalue weighted by atomic mass is 10.2. The summed E-state index contributed by atoms with van der Waals surface area (Å²) in [5.41, 5.74) is 1.20. The van der Waals surface area contributed by atoms with Crippen LogP contribution < -0.4 is 15.4 Å². The summed E-state index contributed by atoms with van der Waals surface area (Å²) in [7, 11) is 0. The normalized spacial score (nSPS) is 9.82. The van der Waals surface area contributed by atoms with Gasteiger partial charge in [0, 0.05) is 13.1 Å². The van der Waals surface area contributed by atoms with Gasteiger partial charge in [-0.3, -0.25) is 0 Å². The minimum absolute atomic E-state index is 0. The smallest absolute Gasteiger partial charge is 0.147 e. The number of nitrogens with one attached hydrogen (secondary N) is 2. The van der Waals surface area contributed by atoms with Gasteiger partial charge in [-0.05, 0) is 76.0 Å². The topological polar surface area (TPSA) is 53.5 Å². The van der Waals surface area contributed by atoms with Gasteiger partial charge in [0.05, 0.1) is 22.2 Å². The molecule has 4 nitrogen and oxygen atoms in total. The first-order chi connectivity index (χ1) is 9.69. The molecule has 0 atom stereocenters. The zero-order valence-electron chi connectivity index (χ0n) is 12.5. The molecule has 0 fully saturated rings. The predicted molar refractivity (Wildman–Crippen MR) is 104 cm³/mol. The van der Waals surface area contributed by atoms with E-state index in [4.69, 9.17) is 9.84 Å². The van der Waals surface area contributed by atoms with Crippen LogP contribution in [0.1, 0.15) is 18.9 Å². The highest BCUT2D eigenvalue weighted by atomic mass is 79.9. The van der Waals surface area contributed by atoms with Gasteiger partial charge in [-0.2, -0.15) is 0 Å². The summed E-state index contributed by atoms with van der Waals surface area (Å²) < 4.78 is 7.50. The van der Waals surface area contributed by atoms with Crippen LogP contribution in [0.2, 0.25) is 0 Å². The Morgan fingerprint density at radius 3 is 2.18 bits per heavy atom. The molecule has 1 aromatic rings. The lowest BCUT2D eigenvalue weighted by Crippen LogP contribution is -2.23. The molecule has 0 amide bonds. The van der Waals surface area contributed by atoms with Gasteiger partial charge in [0.1, 0.15) is 5.75 Å². The highest BCUT2D eigenvalue weighted by Gasteiger charge is 2.08. The first-order valence-electron chi connectivity index (χ1n) is 6.82. The number of halogens is 4.